The zero-order valence-corrected chi connectivity index (χ0v) is 15.0. The average molecular weight is 393 g/mol. The molecule has 4 N–H and O–H groups in total. The average Bonchev–Trinajstić information content (AvgIpc) is 2.66. The number of halogens is 2. The van der Waals surface area contributed by atoms with Gasteiger partial charge in [0.2, 0.25) is 5.91 Å². The highest BCUT2D eigenvalue weighted by molar-refractivity contribution is 6.33. The van der Waals surface area contributed by atoms with Crippen LogP contribution in [0.3, 0.4) is 0 Å². The van der Waals surface area contributed by atoms with Crippen molar-refractivity contribution < 1.29 is 19.2 Å². The lowest BCUT2D eigenvalue weighted by Crippen LogP contribution is -2.31. The standard InChI is InChI=1S/C18H18ClFN4O3/c19-15-9-13(3-6-16(25)24-27)10-22-18(15)23-11-17(26)21-8-7-12-1-4-14(20)5-2-12/h1-6,9-10,27H,7-8,11H2,(H,21,26)(H,22,23)(H,24,25)/b6-3+. The van der Waals surface area contributed by atoms with E-state index in [-0.39, 0.29) is 23.3 Å². The molecule has 9 heteroatoms. The van der Waals surface area contributed by atoms with E-state index in [0.29, 0.717) is 24.3 Å². The molecule has 0 aliphatic heterocycles. The molecule has 0 aliphatic carbocycles. The molecule has 2 rings (SSSR count). The summed E-state index contributed by atoms with van der Waals surface area (Å²) in [5.41, 5.74) is 2.95. The molecule has 1 heterocycles. The first-order valence-corrected chi connectivity index (χ1v) is 8.38. The number of nitrogens with zero attached hydrogens (tertiary/aromatic N) is 1. The van der Waals surface area contributed by atoms with E-state index in [4.69, 9.17) is 16.8 Å². The van der Waals surface area contributed by atoms with E-state index in [0.717, 1.165) is 11.6 Å². The van der Waals surface area contributed by atoms with Crippen LogP contribution in [0.25, 0.3) is 6.08 Å². The van der Waals surface area contributed by atoms with Gasteiger partial charge >= 0.3 is 0 Å². The monoisotopic (exact) mass is 392 g/mol. The van der Waals surface area contributed by atoms with Gasteiger partial charge in [0.05, 0.1) is 11.6 Å². The number of hydrogen-bond donors (Lipinski definition) is 4. The third-order valence-electron chi connectivity index (χ3n) is 3.47. The SMILES string of the molecule is O=C(/C=C/c1cnc(NCC(=O)NCCc2ccc(F)cc2)c(Cl)c1)NO. The van der Waals surface area contributed by atoms with Gasteiger partial charge in [-0.05, 0) is 41.8 Å². The second kappa shape index (κ2) is 10.2. The quantitative estimate of drug-likeness (QED) is 0.313. The number of anilines is 1. The summed E-state index contributed by atoms with van der Waals surface area (Å²) in [5.74, 6) is -0.882. The Bertz CT molecular complexity index is 828. The number of pyridine rings is 1. The van der Waals surface area contributed by atoms with Crippen molar-refractivity contribution in [3.05, 3.63) is 64.6 Å². The fraction of sp³-hybridized carbons (Fsp3) is 0.167. The number of rotatable bonds is 8. The molecule has 0 bridgehead atoms. The minimum absolute atomic E-state index is 0.0156. The Morgan fingerprint density at radius 1 is 1.26 bits per heavy atom. The zero-order valence-electron chi connectivity index (χ0n) is 14.2. The van der Waals surface area contributed by atoms with E-state index in [1.54, 1.807) is 18.2 Å². The molecule has 0 atom stereocenters. The zero-order chi connectivity index (χ0) is 19.6. The number of carbonyl (C=O) groups is 2. The normalized spacial score (nSPS) is 10.6. The second-order valence-electron chi connectivity index (χ2n) is 5.49. The summed E-state index contributed by atoms with van der Waals surface area (Å²) < 4.78 is 12.8. The van der Waals surface area contributed by atoms with Gasteiger partial charge in [-0.25, -0.2) is 14.9 Å². The fourth-order valence-electron chi connectivity index (χ4n) is 2.11. The van der Waals surface area contributed by atoms with Crippen LogP contribution in [0, 0.1) is 5.82 Å². The predicted molar refractivity (Wildman–Crippen MR) is 99.8 cm³/mol. The maximum atomic E-state index is 12.8. The topological polar surface area (TPSA) is 103 Å². The van der Waals surface area contributed by atoms with Gasteiger partial charge in [0.1, 0.15) is 11.6 Å². The van der Waals surface area contributed by atoms with Crippen molar-refractivity contribution in [2.75, 3.05) is 18.4 Å². The predicted octanol–water partition coefficient (Wildman–Crippen LogP) is 2.16. The number of aromatic nitrogens is 1. The summed E-state index contributed by atoms with van der Waals surface area (Å²) in [6.45, 7) is 0.405. The first-order valence-electron chi connectivity index (χ1n) is 8.00. The molecule has 1 aromatic carbocycles. The van der Waals surface area contributed by atoms with Gasteiger partial charge in [-0.1, -0.05) is 23.7 Å². The Labute approximate surface area is 160 Å². The van der Waals surface area contributed by atoms with Gasteiger partial charge in [-0.2, -0.15) is 0 Å². The van der Waals surface area contributed by atoms with Crippen LogP contribution in [0.2, 0.25) is 5.02 Å². The van der Waals surface area contributed by atoms with E-state index >= 15 is 0 Å². The van der Waals surface area contributed by atoms with E-state index in [2.05, 4.69) is 15.6 Å². The Morgan fingerprint density at radius 2 is 2.00 bits per heavy atom. The van der Waals surface area contributed by atoms with Crippen molar-refractivity contribution in [3.63, 3.8) is 0 Å². The number of amides is 2. The molecular formula is C18H18ClFN4O3. The van der Waals surface area contributed by atoms with E-state index < -0.39 is 5.91 Å². The molecule has 0 aliphatic rings. The molecule has 0 fully saturated rings. The van der Waals surface area contributed by atoms with Crippen LogP contribution >= 0.6 is 11.6 Å². The summed E-state index contributed by atoms with van der Waals surface area (Å²) in [6, 6.07) is 7.65. The minimum Gasteiger partial charge on any atom is -0.360 e. The maximum Gasteiger partial charge on any atom is 0.267 e. The molecule has 0 saturated carbocycles. The first kappa shape index (κ1) is 20.3. The summed E-state index contributed by atoms with van der Waals surface area (Å²) in [7, 11) is 0. The van der Waals surface area contributed by atoms with Gasteiger partial charge in [0, 0.05) is 18.8 Å². The van der Waals surface area contributed by atoms with Crippen molar-refractivity contribution in [1.29, 1.82) is 0 Å². The van der Waals surface area contributed by atoms with Crippen LogP contribution in [-0.2, 0) is 16.0 Å². The number of carbonyl (C=O) groups excluding carboxylic acids is 2. The van der Waals surface area contributed by atoms with Gasteiger partial charge in [-0.15, -0.1) is 0 Å². The van der Waals surface area contributed by atoms with Crippen molar-refractivity contribution in [1.82, 2.24) is 15.8 Å². The van der Waals surface area contributed by atoms with Gasteiger partial charge in [0.25, 0.3) is 5.91 Å². The van der Waals surface area contributed by atoms with Crippen LogP contribution in [0.15, 0.2) is 42.6 Å². The molecule has 0 unspecified atom stereocenters. The highest BCUT2D eigenvalue weighted by Crippen LogP contribution is 2.20. The lowest BCUT2D eigenvalue weighted by Gasteiger charge is -2.09. The molecule has 2 amide bonds. The summed E-state index contributed by atoms with van der Waals surface area (Å²) in [5, 5.41) is 14.3. The highest BCUT2D eigenvalue weighted by Gasteiger charge is 2.06. The number of nitrogens with one attached hydrogen (secondary N) is 3. The number of hydroxylamine groups is 1. The molecule has 1 aromatic heterocycles. The highest BCUT2D eigenvalue weighted by atomic mass is 35.5. The molecule has 7 nitrogen and oxygen atoms in total. The lowest BCUT2D eigenvalue weighted by molar-refractivity contribution is -0.124. The van der Waals surface area contributed by atoms with Crippen molar-refractivity contribution >= 4 is 35.3 Å². The van der Waals surface area contributed by atoms with E-state index in [1.165, 1.54) is 29.9 Å². The third-order valence-corrected chi connectivity index (χ3v) is 3.75. The Balaban J connectivity index is 1.78. The Hall–Kier alpha value is -2.97. The molecule has 27 heavy (non-hydrogen) atoms. The van der Waals surface area contributed by atoms with Crippen molar-refractivity contribution in [3.8, 4) is 0 Å². The Kier molecular flexibility index (Phi) is 7.72. The van der Waals surface area contributed by atoms with Crippen molar-refractivity contribution in [2.45, 2.75) is 6.42 Å². The van der Waals surface area contributed by atoms with Gasteiger partial charge in [0.15, 0.2) is 0 Å². The lowest BCUT2D eigenvalue weighted by atomic mass is 10.1. The smallest absolute Gasteiger partial charge is 0.267 e. The second-order valence-corrected chi connectivity index (χ2v) is 5.90. The molecule has 142 valence electrons. The number of hydrogen-bond acceptors (Lipinski definition) is 5. The Morgan fingerprint density at radius 3 is 2.67 bits per heavy atom. The van der Waals surface area contributed by atoms with Gasteiger partial charge in [-0.3, -0.25) is 14.8 Å². The third kappa shape index (κ3) is 7.04. The van der Waals surface area contributed by atoms with E-state index in [1.807, 2.05) is 0 Å². The van der Waals surface area contributed by atoms with Crippen LogP contribution in [0.4, 0.5) is 10.2 Å². The summed E-state index contributed by atoms with van der Waals surface area (Å²) in [6.07, 6.45) is 4.60. The van der Waals surface area contributed by atoms with E-state index in [9.17, 15) is 14.0 Å². The van der Waals surface area contributed by atoms with Crippen LogP contribution in [0.5, 0.6) is 0 Å². The minimum atomic E-state index is -0.675. The summed E-state index contributed by atoms with van der Waals surface area (Å²) in [4.78, 5) is 26.9. The summed E-state index contributed by atoms with van der Waals surface area (Å²) >= 11 is 6.09. The molecule has 2 aromatic rings. The van der Waals surface area contributed by atoms with Crippen LogP contribution in [-0.4, -0.2) is 35.1 Å². The molecular weight excluding hydrogens is 375 g/mol. The maximum absolute atomic E-state index is 12.8. The molecule has 0 spiro atoms. The fourth-order valence-corrected chi connectivity index (χ4v) is 2.35. The van der Waals surface area contributed by atoms with Crippen LogP contribution in [0.1, 0.15) is 11.1 Å². The molecule has 0 radical (unpaired) electrons. The number of benzene rings is 1. The first-order chi connectivity index (χ1) is 13.0. The van der Waals surface area contributed by atoms with Gasteiger partial charge < -0.3 is 10.6 Å². The molecule has 0 saturated heterocycles. The van der Waals surface area contributed by atoms with Crippen LogP contribution < -0.4 is 16.1 Å². The largest absolute Gasteiger partial charge is 0.360 e. The van der Waals surface area contributed by atoms with Crippen molar-refractivity contribution in [2.24, 2.45) is 0 Å².